The number of hydrogen-bond acceptors (Lipinski definition) is 4. The van der Waals surface area contributed by atoms with Crippen molar-refractivity contribution >= 4 is 17.5 Å². The van der Waals surface area contributed by atoms with Crippen molar-refractivity contribution in [2.24, 2.45) is 0 Å². The number of aliphatic carboxylic acids is 1. The fourth-order valence-electron chi connectivity index (χ4n) is 0.298. The van der Waals surface area contributed by atoms with E-state index in [1.165, 1.54) is 0 Å². The maximum absolute atomic E-state index is 10.1. The molecule has 4 nitrogen and oxygen atoms in total. The Morgan fingerprint density at radius 2 is 1.70 bits per heavy atom. The van der Waals surface area contributed by atoms with E-state index in [9.17, 15) is 19.5 Å². The zero-order valence-electron chi connectivity index (χ0n) is 5.84. The smallest absolute Gasteiger partial charge is 0.542 e. The van der Waals surface area contributed by atoms with E-state index in [0.717, 1.165) is 6.92 Å². The van der Waals surface area contributed by atoms with Crippen LogP contribution in [-0.4, -0.2) is 17.5 Å². The number of carbonyl (C=O) groups excluding carboxylic acids is 3. The Morgan fingerprint density at radius 1 is 1.30 bits per heavy atom. The Morgan fingerprint density at radius 3 is 1.80 bits per heavy atom. The van der Waals surface area contributed by atoms with Crippen molar-refractivity contribution < 1.29 is 88.4 Å². The summed E-state index contributed by atoms with van der Waals surface area (Å²) in [7, 11) is 0. The SMILES string of the molecule is CC(=O)CC(=O)C(=O)[O-].[Cs+]. The van der Waals surface area contributed by atoms with Gasteiger partial charge >= 0.3 is 68.9 Å². The first-order valence-electron chi connectivity index (χ1n) is 2.27. The Balaban J connectivity index is 0. The van der Waals surface area contributed by atoms with Crippen LogP contribution in [0.4, 0.5) is 0 Å². The molecule has 0 N–H and O–H groups in total. The summed E-state index contributed by atoms with van der Waals surface area (Å²) < 4.78 is 0. The molecule has 0 aromatic rings. The molecule has 0 radical (unpaired) electrons. The monoisotopic (exact) mass is 262 g/mol. The molecule has 0 atom stereocenters. The second-order valence-corrected chi connectivity index (χ2v) is 1.59. The molecule has 0 rings (SSSR count). The molecule has 0 saturated heterocycles. The third kappa shape index (κ3) is 6.97. The molecule has 0 amide bonds. The van der Waals surface area contributed by atoms with Crippen LogP contribution >= 0.6 is 0 Å². The quantitative estimate of drug-likeness (QED) is 0.378. The van der Waals surface area contributed by atoms with Gasteiger partial charge in [0, 0.05) is 0 Å². The number of rotatable bonds is 3. The van der Waals surface area contributed by atoms with E-state index in [4.69, 9.17) is 0 Å². The minimum Gasteiger partial charge on any atom is -0.542 e. The van der Waals surface area contributed by atoms with Crippen molar-refractivity contribution in [3.63, 3.8) is 0 Å². The summed E-state index contributed by atoms with van der Waals surface area (Å²) in [5.41, 5.74) is 0. The second kappa shape index (κ2) is 6.56. The van der Waals surface area contributed by atoms with Gasteiger partial charge in [0.2, 0.25) is 0 Å². The molecule has 0 spiro atoms. The van der Waals surface area contributed by atoms with Crippen LogP contribution in [0.15, 0.2) is 0 Å². The van der Waals surface area contributed by atoms with Crippen molar-refractivity contribution in [3.05, 3.63) is 0 Å². The molecule has 0 bridgehead atoms. The van der Waals surface area contributed by atoms with Crippen LogP contribution < -0.4 is 74.0 Å². The maximum atomic E-state index is 10.1. The van der Waals surface area contributed by atoms with Crippen molar-refractivity contribution in [2.45, 2.75) is 13.3 Å². The third-order valence-corrected chi connectivity index (χ3v) is 0.637. The summed E-state index contributed by atoms with van der Waals surface area (Å²) in [6.45, 7) is 1.14. The summed E-state index contributed by atoms with van der Waals surface area (Å²) in [5, 5.41) is 9.62. The average molecular weight is 262 g/mol. The van der Waals surface area contributed by atoms with Crippen LogP contribution in [0.2, 0.25) is 0 Å². The van der Waals surface area contributed by atoms with E-state index in [1.54, 1.807) is 0 Å². The van der Waals surface area contributed by atoms with Gasteiger partial charge in [-0.05, 0) is 6.92 Å². The normalized spacial score (nSPS) is 7.70. The van der Waals surface area contributed by atoms with Gasteiger partial charge in [0.15, 0.2) is 5.78 Å². The van der Waals surface area contributed by atoms with E-state index in [-0.39, 0.29) is 68.9 Å². The van der Waals surface area contributed by atoms with E-state index >= 15 is 0 Å². The number of ketones is 2. The van der Waals surface area contributed by atoms with Gasteiger partial charge in [0.1, 0.15) is 11.8 Å². The Labute approximate surface area is 117 Å². The van der Waals surface area contributed by atoms with Crippen LogP contribution in [0, 0.1) is 0 Å². The molecule has 0 aliphatic heterocycles. The average Bonchev–Trinajstić information content (AvgIpc) is 1.63. The van der Waals surface area contributed by atoms with Gasteiger partial charge in [0.25, 0.3) is 0 Å². The van der Waals surface area contributed by atoms with Crippen molar-refractivity contribution in [1.82, 2.24) is 0 Å². The molecule has 0 heterocycles. The molecule has 0 aliphatic rings. The number of carboxylic acids is 1. The summed E-state index contributed by atoms with van der Waals surface area (Å²) in [6, 6.07) is 0. The molecule has 5 heteroatoms. The molecular weight excluding hydrogens is 257 g/mol. The molecule has 10 heavy (non-hydrogen) atoms. The molecule has 0 aromatic heterocycles. The van der Waals surface area contributed by atoms with Crippen molar-refractivity contribution in [2.75, 3.05) is 0 Å². The summed E-state index contributed by atoms with van der Waals surface area (Å²) in [6.07, 6.45) is -0.567. The number of carboxylic acid groups (broad SMARTS) is 1. The maximum Gasteiger partial charge on any atom is 1.00 e. The molecular formula is C5H5CsO4. The van der Waals surface area contributed by atoms with Gasteiger partial charge in [0.05, 0.1) is 6.42 Å². The number of hydrogen-bond donors (Lipinski definition) is 0. The first-order valence-corrected chi connectivity index (χ1v) is 2.27. The topological polar surface area (TPSA) is 74.3 Å². The molecule has 0 saturated carbocycles. The van der Waals surface area contributed by atoms with Crippen LogP contribution in [0.1, 0.15) is 13.3 Å². The zero-order valence-corrected chi connectivity index (χ0v) is 12.1. The predicted octanol–water partition coefficient (Wildman–Crippen LogP) is -4.71. The van der Waals surface area contributed by atoms with Crippen molar-refractivity contribution in [3.8, 4) is 0 Å². The van der Waals surface area contributed by atoms with Gasteiger partial charge in [-0.15, -0.1) is 0 Å². The Kier molecular flexibility index (Phi) is 8.83. The van der Waals surface area contributed by atoms with Gasteiger partial charge in [-0.3, -0.25) is 9.59 Å². The third-order valence-electron chi connectivity index (χ3n) is 0.637. The minimum absolute atomic E-state index is 0. The first kappa shape index (κ1) is 13.5. The Bertz CT molecular complexity index is 163. The second-order valence-electron chi connectivity index (χ2n) is 1.59. The number of Topliss-reactive ketones (excluding diaryl/α,β-unsaturated/α-hetero) is 2. The van der Waals surface area contributed by atoms with Crippen LogP contribution in [0.25, 0.3) is 0 Å². The minimum atomic E-state index is -1.80. The fraction of sp³-hybridized carbons (Fsp3) is 0.400. The molecule has 0 aromatic carbocycles. The Hall–Kier alpha value is 0.862. The molecule has 0 fully saturated rings. The van der Waals surface area contributed by atoms with E-state index < -0.39 is 24.0 Å². The largest absolute Gasteiger partial charge is 1.00 e. The molecule has 0 aliphatic carbocycles. The van der Waals surface area contributed by atoms with Crippen LogP contribution in [0.5, 0.6) is 0 Å². The molecule has 50 valence electrons. The molecule has 0 unspecified atom stereocenters. The predicted molar refractivity (Wildman–Crippen MR) is 25.3 cm³/mol. The van der Waals surface area contributed by atoms with Crippen LogP contribution in [0.3, 0.4) is 0 Å². The van der Waals surface area contributed by atoms with Gasteiger partial charge in [-0.25, -0.2) is 0 Å². The van der Waals surface area contributed by atoms with Gasteiger partial charge in [-0.1, -0.05) is 0 Å². The summed E-state index contributed by atoms with van der Waals surface area (Å²) >= 11 is 0. The van der Waals surface area contributed by atoms with Gasteiger partial charge in [-0.2, -0.15) is 0 Å². The number of carbonyl (C=O) groups is 3. The fourth-order valence-corrected chi connectivity index (χ4v) is 0.298. The van der Waals surface area contributed by atoms with E-state index in [0.29, 0.717) is 0 Å². The van der Waals surface area contributed by atoms with Crippen molar-refractivity contribution in [1.29, 1.82) is 0 Å². The summed E-state index contributed by atoms with van der Waals surface area (Å²) in [4.78, 5) is 29.7. The van der Waals surface area contributed by atoms with E-state index in [1.807, 2.05) is 0 Å². The first-order chi connectivity index (χ1) is 4.04. The standard InChI is InChI=1S/C5H6O4.Cs/c1-3(6)2-4(7)5(8)9;/h2H2,1H3,(H,8,9);/q;+1/p-1. The zero-order chi connectivity index (χ0) is 7.44. The van der Waals surface area contributed by atoms with E-state index in [2.05, 4.69) is 0 Å². The summed E-state index contributed by atoms with van der Waals surface area (Å²) in [5.74, 6) is -3.43. The van der Waals surface area contributed by atoms with Gasteiger partial charge < -0.3 is 9.90 Å². The van der Waals surface area contributed by atoms with Crippen LogP contribution in [-0.2, 0) is 14.4 Å².